The van der Waals surface area contributed by atoms with E-state index in [9.17, 15) is 24.3 Å². The second kappa shape index (κ2) is 13.5. The van der Waals surface area contributed by atoms with Crippen LogP contribution in [-0.4, -0.2) is 57.6 Å². The zero-order valence-electron chi connectivity index (χ0n) is 24.4. The average Bonchev–Trinajstić information content (AvgIpc) is 3.69. The van der Waals surface area contributed by atoms with Crippen LogP contribution in [0.1, 0.15) is 45.5 Å². The van der Waals surface area contributed by atoms with Gasteiger partial charge in [-0.1, -0.05) is 48.5 Å². The summed E-state index contributed by atoms with van der Waals surface area (Å²) in [5.74, 6) is -1.41. The maximum Gasteiger partial charge on any atom is 0.416 e. The number of carboxylic acids is 1. The molecule has 0 spiro atoms. The van der Waals surface area contributed by atoms with Crippen LogP contribution in [-0.2, 0) is 33.7 Å². The van der Waals surface area contributed by atoms with Gasteiger partial charge >= 0.3 is 12.1 Å². The number of ether oxygens (including phenoxy) is 1. The van der Waals surface area contributed by atoms with Crippen LogP contribution in [0.2, 0.25) is 0 Å². The number of thiophene rings is 1. The highest BCUT2D eigenvalue weighted by Gasteiger charge is 2.26. The molecule has 3 amide bonds. The number of hydrogen-bond donors (Lipinski definition) is 2. The minimum absolute atomic E-state index is 0.171. The monoisotopic (exact) mass is 612 g/mol. The lowest BCUT2D eigenvalue weighted by Gasteiger charge is -2.21. The van der Waals surface area contributed by atoms with Gasteiger partial charge in [0.15, 0.2) is 0 Å². The van der Waals surface area contributed by atoms with Gasteiger partial charge in [-0.05, 0) is 52.4 Å². The molecule has 5 aromatic rings. The molecule has 1 atom stereocenters. The largest absolute Gasteiger partial charge is 0.481 e. The zero-order chi connectivity index (χ0) is 31.2. The maximum absolute atomic E-state index is 13.1. The van der Waals surface area contributed by atoms with Gasteiger partial charge in [0.05, 0.1) is 30.6 Å². The third-order valence-corrected chi connectivity index (χ3v) is 8.39. The number of imide groups is 1. The first kappa shape index (κ1) is 30.4. The first-order valence-electron chi connectivity index (χ1n) is 14.1. The van der Waals surface area contributed by atoms with Crippen molar-refractivity contribution in [2.24, 2.45) is 0 Å². The van der Waals surface area contributed by atoms with Crippen molar-refractivity contribution >= 4 is 57.0 Å². The number of nitrogens with one attached hydrogen (secondary N) is 1. The number of aromatic nitrogens is 2. The number of nitrogens with zero attached hydrogens (tertiary/aromatic N) is 3. The van der Waals surface area contributed by atoms with E-state index in [1.54, 1.807) is 29.5 Å². The predicted molar refractivity (Wildman–Crippen MR) is 168 cm³/mol. The highest BCUT2D eigenvalue weighted by molar-refractivity contribution is 7.09. The van der Waals surface area contributed by atoms with Gasteiger partial charge in [-0.3, -0.25) is 14.4 Å². The minimum atomic E-state index is -1.05. The van der Waals surface area contributed by atoms with Crippen LogP contribution in [0.25, 0.3) is 21.8 Å². The third-order valence-electron chi connectivity index (χ3n) is 7.46. The molecule has 0 bridgehead atoms. The number of fused-ring (bicyclic) bond motifs is 2. The van der Waals surface area contributed by atoms with Crippen molar-refractivity contribution in [3.63, 3.8) is 0 Å². The summed E-state index contributed by atoms with van der Waals surface area (Å²) in [7, 11) is 2.55. The van der Waals surface area contributed by atoms with Crippen molar-refractivity contribution in [3.05, 3.63) is 100 Å². The van der Waals surface area contributed by atoms with Crippen LogP contribution in [0, 0.1) is 0 Å². The van der Waals surface area contributed by atoms with E-state index in [4.69, 9.17) is 9.72 Å². The van der Waals surface area contributed by atoms with Crippen molar-refractivity contribution in [2.75, 3.05) is 14.2 Å². The summed E-state index contributed by atoms with van der Waals surface area (Å²) in [5, 5.41) is 16.3. The molecule has 2 aromatic heterocycles. The fraction of sp³-hybridized carbons (Fsp3) is 0.242. The molecule has 0 aliphatic rings. The Morgan fingerprint density at radius 1 is 1.02 bits per heavy atom. The van der Waals surface area contributed by atoms with Crippen LogP contribution in [0.4, 0.5) is 4.79 Å². The van der Waals surface area contributed by atoms with Crippen molar-refractivity contribution in [2.45, 2.75) is 38.3 Å². The van der Waals surface area contributed by atoms with E-state index >= 15 is 0 Å². The van der Waals surface area contributed by atoms with Crippen molar-refractivity contribution in [3.8, 4) is 0 Å². The van der Waals surface area contributed by atoms with E-state index < -0.39 is 29.9 Å². The van der Waals surface area contributed by atoms with Crippen molar-refractivity contribution in [1.29, 1.82) is 0 Å². The molecule has 11 heteroatoms. The number of benzene rings is 3. The quantitative estimate of drug-likeness (QED) is 0.199. The second-order valence-electron chi connectivity index (χ2n) is 10.3. The van der Waals surface area contributed by atoms with Crippen LogP contribution >= 0.6 is 11.3 Å². The van der Waals surface area contributed by atoms with E-state index in [0.717, 1.165) is 33.2 Å². The van der Waals surface area contributed by atoms with Crippen LogP contribution < -0.4 is 5.32 Å². The Hall–Kier alpha value is -5.03. The number of carboxylic acid groups (broad SMARTS) is 1. The number of carbonyl (C=O) groups excluding carboxylic acids is 3. The lowest BCUT2D eigenvalue weighted by Crippen LogP contribution is -2.32. The normalized spacial score (nSPS) is 11.8. The third kappa shape index (κ3) is 6.78. The highest BCUT2D eigenvalue weighted by atomic mass is 32.1. The Morgan fingerprint density at radius 2 is 1.82 bits per heavy atom. The summed E-state index contributed by atoms with van der Waals surface area (Å²) >= 11 is 1.65. The number of rotatable bonds is 11. The van der Waals surface area contributed by atoms with E-state index in [1.165, 1.54) is 19.0 Å². The smallest absolute Gasteiger partial charge is 0.416 e. The number of aliphatic carboxylic acids is 1. The van der Waals surface area contributed by atoms with Gasteiger partial charge in [0.2, 0.25) is 5.91 Å². The Bertz CT molecular complexity index is 1830. The summed E-state index contributed by atoms with van der Waals surface area (Å²) < 4.78 is 6.74. The number of carbonyl (C=O) groups is 4. The summed E-state index contributed by atoms with van der Waals surface area (Å²) in [6, 6.07) is 22.5. The summed E-state index contributed by atoms with van der Waals surface area (Å²) in [6.45, 7) is 0.554. The lowest BCUT2D eigenvalue weighted by atomic mass is 9.98. The van der Waals surface area contributed by atoms with Crippen LogP contribution in [0.3, 0.4) is 0 Å². The van der Waals surface area contributed by atoms with Crippen molar-refractivity contribution in [1.82, 2.24) is 19.8 Å². The first-order valence-corrected chi connectivity index (χ1v) is 15.0. The molecule has 226 valence electrons. The SMILES string of the molecule is COC(=O)N(C)C(=O)c1ccc2c(c1)nc(C(Cc1cccc3ccccc13)NC(=O)CCC(=O)O)n2CCc1cccs1. The van der Waals surface area contributed by atoms with Crippen molar-refractivity contribution < 1.29 is 29.0 Å². The van der Waals surface area contributed by atoms with Gasteiger partial charge in [0.25, 0.3) is 5.91 Å². The lowest BCUT2D eigenvalue weighted by molar-refractivity contribution is -0.138. The Balaban J connectivity index is 1.60. The van der Waals surface area contributed by atoms with Gasteiger partial charge in [0, 0.05) is 36.9 Å². The van der Waals surface area contributed by atoms with Crippen LogP contribution in [0.15, 0.2) is 78.2 Å². The van der Waals surface area contributed by atoms with Gasteiger partial charge in [-0.15, -0.1) is 11.3 Å². The average molecular weight is 613 g/mol. The highest BCUT2D eigenvalue weighted by Crippen LogP contribution is 2.29. The molecule has 1 unspecified atom stereocenters. The van der Waals surface area contributed by atoms with Gasteiger partial charge in [0.1, 0.15) is 5.82 Å². The van der Waals surface area contributed by atoms with E-state index in [1.807, 2.05) is 58.5 Å². The molecule has 2 N–H and O–H groups in total. The molecule has 0 fully saturated rings. The number of aryl methyl sites for hydroxylation is 2. The first-order chi connectivity index (χ1) is 21.2. The van der Waals surface area contributed by atoms with E-state index in [-0.39, 0.29) is 18.4 Å². The van der Waals surface area contributed by atoms with Crippen LogP contribution in [0.5, 0.6) is 0 Å². The van der Waals surface area contributed by atoms with Gasteiger partial charge in [-0.25, -0.2) is 14.7 Å². The molecule has 10 nitrogen and oxygen atoms in total. The van der Waals surface area contributed by atoms with E-state index in [0.29, 0.717) is 24.3 Å². The molecule has 44 heavy (non-hydrogen) atoms. The summed E-state index contributed by atoms with van der Waals surface area (Å²) in [6.07, 6.45) is -0.123. The fourth-order valence-corrected chi connectivity index (χ4v) is 5.96. The number of hydrogen-bond acceptors (Lipinski definition) is 7. The number of methoxy groups -OCH3 is 1. The molecule has 2 heterocycles. The summed E-state index contributed by atoms with van der Waals surface area (Å²) in [5.41, 5.74) is 2.55. The summed E-state index contributed by atoms with van der Waals surface area (Å²) in [4.78, 5) is 56.3. The topological polar surface area (TPSA) is 131 Å². The van der Waals surface area contributed by atoms with Gasteiger partial charge in [-0.2, -0.15) is 0 Å². The second-order valence-corrected chi connectivity index (χ2v) is 11.4. The Morgan fingerprint density at radius 3 is 2.57 bits per heavy atom. The standard InChI is InChI=1S/C33H32N4O6S/c1-36(33(42)43-2)32(41)23-12-13-28-26(20-23)35-31(37(28)17-16-24-10-6-18-44-24)27(34-29(38)14-15-30(39)40)19-22-9-5-8-21-7-3-4-11-25(21)22/h3-13,18,20,27H,14-17,19H2,1-2H3,(H,34,38)(H,39,40). The molecular weight excluding hydrogens is 580 g/mol. The molecule has 5 rings (SSSR count). The maximum atomic E-state index is 13.1. The molecule has 0 saturated carbocycles. The number of amides is 3. The molecule has 0 saturated heterocycles. The zero-order valence-corrected chi connectivity index (χ0v) is 25.2. The molecule has 0 aliphatic carbocycles. The Labute approximate surface area is 257 Å². The minimum Gasteiger partial charge on any atom is -0.481 e. The molecular formula is C33H32N4O6S. The fourth-order valence-electron chi connectivity index (χ4n) is 5.26. The van der Waals surface area contributed by atoms with Gasteiger partial charge < -0.3 is 19.7 Å². The number of imidazole rings is 1. The van der Waals surface area contributed by atoms with E-state index in [2.05, 4.69) is 11.4 Å². The molecule has 3 aromatic carbocycles. The molecule has 0 aliphatic heterocycles. The molecule has 0 radical (unpaired) electrons. The Kier molecular flexibility index (Phi) is 9.35. The predicted octanol–water partition coefficient (Wildman–Crippen LogP) is 5.60.